The van der Waals surface area contributed by atoms with Crippen LogP contribution in [0.5, 0.6) is 0 Å². The van der Waals surface area contributed by atoms with Crippen LogP contribution in [0.2, 0.25) is 0 Å². The van der Waals surface area contributed by atoms with Crippen LogP contribution in [-0.4, -0.2) is 25.3 Å². The molecule has 3 atom stereocenters. The van der Waals surface area contributed by atoms with E-state index in [1.54, 1.807) is 0 Å². The highest BCUT2D eigenvalue weighted by Crippen LogP contribution is 2.28. The van der Waals surface area contributed by atoms with E-state index in [1.807, 2.05) is 0 Å². The Morgan fingerprint density at radius 3 is 2.44 bits per heavy atom. The molecule has 3 unspecified atom stereocenters. The molecule has 1 aliphatic carbocycles. The van der Waals surface area contributed by atoms with Gasteiger partial charge < -0.3 is 10.1 Å². The Bertz CT molecular complexity index is 191. The van der Waals surface area contributed by atoms with Gasteiger partial charge in [0.05, 0.1) is 6.10 Å². The summed E-state index contributed by atoms with van der Waals surface area (Å²) < 4.78 is 5.66. The van der Waals surface area contributed by atoms with Crippen molar-refractivity contribution in [1.29, 1.82) is 0 Å². The maximum atomic E-state index is 5.66. The van der Waals surface area contributed by atoms with Gasteiger partial charge in [0.2, 0.25) is 0 Å². The lowest BCUT2D eigenvalue weighted by Crippen LogP contribution is -2.43. The first kappa shape index (κ1) is 12.4. The Morgan fingerprint density at radius 1 is 1.06 bits per heavy atom. The second kappa shape index (κ2) is 6.02. The molecule has 0 aromatic carbocycles. The van der Waals surface area contributed by atoms with E-state index in [-0.39, 0.29) is 0 Å². The molecule has 0 aromatic heterocycles. The molecule has 2 aliphatic rings. The number of rotatable bonds is 4. The van der Waals surface area contributed by atoms with Crippen molar-refractivity contribution < 1.29 is 4.74 Å². The molecule has 2 rings (SSSR count). The van der Waals surface area contributed by atoms with E-state index < -0.39 is 0 Å². The molecule has 2 heteroatoms. The summed E-state index contributed by atoms with van der Waals surface area (Å²) in [6, 6.07) is 0.746. The summed E-state index contributed by atoms with van der Waals surface area (Å²) in [5.41, 5.74) is 0. The van der Waals surface area contributed by atoms with Crippen LogP contribution < -0.4 is 5.32 Å². The normalized spacial score (nSPS) is 40.1. The van der Waals surface area contributed by atoms with Crippen molar-refractivity contribution in [2.75, 3.05) is 13.2 Å². The van der Waals surface area contributed by atoms with E-state index >= 15 is 0 Å². The minimum atomic E-state index is 0.543. The summed E-state index contributed by atoms with van der Waals surface area (Å²) in [5.74, 6) is 1.71. The van der Waals surface area contributed by atoms with Crippen LogP contribution in [0.25, 0.3) is 0 Å². The average molecular weight is 225 g/mol. The van der Waals surface area contributed by atoms with Crippen LogP contribution in [0.3, 0.4) is 0 Å². The first-order chi connectivity index (χ1) is 7.77. The predicted molar refractivity (Wildman–Crippen MR) is 67.6 cm³/mol. The summed E-state index contributed by atoms with van der Waals surface area (Å²) in [7, 11) is 0. The molecule has 1 N–H and O–H groups in total. The van der Waals surface area contributed by atoms with Gasteiger partial charge in [-0.05, 0) is 50.5 Å². The Kier molecular flexibility index (Phi) is 4.66. The third kappa shape index (κ3) is 3.21. The van der Waals surface area contributed by atoms with Crippen LogP contribution in [0, 0.1) is 11.8 Å². The third-order valence-corrected chi connectivity index (χ3v) is 4.42. The minimum absolute atomic E-state index is 0.543. The van der Waals surface area contributed by atoms with E-state index in [0.717, 1.165) is 31.0 Å². The lowest BCUT2D eigenvalue weighted by atomic mass is 9.78. The van der Waals surface area contributed by atoms with Crippen LogP contribution in [-0.2, 0) is 4.74 Å². The molecule has 94 valence electrons. The summed E-state index contributed by atoms with van der Waals surface area (Å²) in [4.78, 5) is 0. The Labute approximate surface area is 100 Å². The van der Waals surface area contributed by atoms with Crippen molar-refractivity contribution >= 4 is 0 Å². The van der Waals surface area contributed by atoms with Crippen molar-refractivity contribution in [3.8, 4) is 0 Å². The van der Waals surface area contributed by atoms with Gasteiger partial charge in [-0.1, -0.05) is 20.3 Å². The number of nitrogens with one attached hydrogen (secondary N) is 1. The average Bonchev–Trinajstić information content (AvgIpc) is 2.75. The molecule has 1 aliphatic heterocycles. The van der Waals surface area contributed by atoms with Gasteiger partial charge in [-0.2, -0.15) is 0 Å². The highest BCUT2D eigenvalue weighted by Gasteiger charge is 2.27. The molecular weight excluding hydrogens is 198 g/mol. The summed E-state index contributed by atoms with van der Waals surface area (Å²) >= 11 is 0. The van der Waals surface area contributed by atoms with Crippen molar-refractivity contribution in [2.24, 2.45) is 11.8 Å². The third-order valence-electron chi connectivity index (χ3n) is 4.42. The smallest absolute Gasteiger partial charge is 0.0588 e. The molecule has 16 heavy (non-hydrogen) atoms. The fraction of sp³-hybridized carbons (Fsp3) is 1.00. The van der Waals surface area contributed by atoms with Crippen molar-refractivity contribution in [2.45, 2.75) is 64.5 Å². The highest BCUT2D eigenvalue weighted by atomic mass is 16.5. The summed E-state index contributed by atoms with van der Waals surface area (Å²) in [5, 5.41) is 3.77. The van der Waals surface area contributed by atoms with Gasteiger partial charge in [0, 0.05) is 12.6 Å². The number of hydrogen-bond donors (Lipinski definition) is 1. The van der Waals surface area contributed by atoms with Crippen LogP contribution in [0.15, 0.2) is 0 Å². The molecule has 2 nitrogen and oxygen atoms in total. The number of ether oxygens (including phenoxy) is 1. The predicted octanol–water partition coefficient (Wildman–Crippen LogP) is 2.97. The van der Waals surface area contributed by atoms with E-state index in [1.165, 1.54) is 38.5 Å². The zero-order chi connectivity index (χ0) is 11.4. The van der Waals surface area contributed by atoms with E-state index in [2.05, 4.69) is 19.2 Å². The number of hydrogen-bond acceptors (Lipinski definition) is 2. The van der Waals surface area contributed by atoms with Gasteiger partial charge in [0.1, 0.15) is 0 Å². The molecule has 1 heterocycles. The van der Waals surface area contributed by atoms with Crippen LogP contribution >= 0.6 is 0 Å². The second-order valence-corrected chi connectivity index (χ2v) is 5.79. The van der Waals surface area contributed by atoms with Gasteiger partial charge >= 0.3 is 0 Å². The van der Waals surface area contributed by atoms with Gasteiger partial charge in [0.15, 0.2) is 0 Å². The van der Waals surface area contributed by atoms with Crippen molar-refractivity contribution in [1.82, 2.24) is 5.32 Å². The minimum Gasteiger partial charge on any atom is -0.378 e. The molecule has 0 radical (unpaired) electrons. The zero-order valence-electron chi connectivity index (χ0n) is 10.9. The first-order valence-electron chi connectivity index (χ1n) is 7.12. The van der Waals surface area contributed by atoms with E-state index in [4.69, 9.17) is 4.74 Å². The largest absolute Gasteiger partial charge is 0.378 e. The van der Waals surface area contributed by atoms with Gasteiger partial charge in [-0.25, -0.2) is 0 Å². The van der Waals surface area contributed by atoms with Gasteiger partial charge in [-0.3, -0.25) is 0 Å². The topological polar surface area (TPSA) is 21.3 Å². The van der Waals surface area contributed by atoms with E-state index in [9.17, 15) is 0 Å². The molecule has 0 spiro atoms. The van der Waals surface area contributed by atoms with E-state index in [0.29, 0.717) is 6.10 Å². The molecule has 2 fully saturated rings. The quantitative estimate of drug-likeness (QED) is 0.794. The van der Waals surface area contributed by atoms with Gasteiger partial charge in [-0.15, -0.1) is 0 Å². The lowest BCUT2D eigenvalue weighted by Gasteiger charge is -2.35. The van der Waals surface area contributed by atoms with Crippen LogP contribution in [0.4, 0.5) is 0 Å². The maximum Gasteiger partial charge on any atom is 0.0588 e. The molecule has 0 bridgehead atoms. The van der Waals surface area contributed by atoms with Crippen molar-refractivity contribution in [3.05, 3.63) is 0 Å². The maximum absolute atomic E-state index is 5.66. The second-order valence-electron chi connectivity index (χ2n) is 5.79. The summed E-state index contributed by atoms with van der Waals surface area (Å²) in [6.45, 7) is 6.93. The molecule has 0 aromatic rings. The highest BCUT2D eigenvalue weighted by molar-refractivity contribution is 4.83. The zero-order valence-corrected chi connectivity index (χ0v) is 10.9. The van der Waals surface area contributed by atoms with Crippen molar-refractivity contribution in [3.63, 3.8) is 0 Å². The standard InChI is InChI=1S/C14H27NO/c1-11-5-3-6-12(2)14(11)15-9-8-13-7-4-10-16-13/h11-15H,3-10H2,1-2H3. The Morgan fingerprint density at radius 2 is 1.81 bits per heavy atom. The molecule has 1 saturated heterocycles. The fourth-order valence-corrected chi connectivity index (χ4v) is 3.37. The fourth-order valence-electron chi connectivity index (χ4n) is 3.37. The lowest BCUT2D eigenvalue weighted by molar-refractivity contribution is 0.100. The molecular formula is C14H27NO. The Hall–Kier alpha value is -0.0800. The molecule has 1 saturated carbocycles. The Balaban J connectivity index is 1.67. The van der Waals surface area contributed by atoms with Gasteiger partial charge in [0.25, 0.3) is 0 Å². The molecule has 0 amide bonds. The summed E-state index contributed by atoms with van der Waals surface area (Å²) in [6.07, 6.45) is 8.52. The SMILES string of the molecule is CC1CCCC(C)C1NCCC1CCCO1. The van der Waals surface area contributed by atoms with Crippen LogP contribution in [0.1, 0.15) is 52.4 Å². The first-order valence-corrected chi connectivity index (χ1v) is 7.12. The monoisotopic (exact) mass is 225 g/mol.